The third-order valence-electron chi connectivity index (χ3n) is 3.70. The van der Waals surface area contributed by atoms with Gasteiger partial charge in [-0.15, -0.1) is 0 Å². The fraction of sp³-hybridized carbons (Fsp3) is 0.600. The summed E-state index contributed by atoms with van der Waals surface area (Å²) in [6, 6.07) is 5.87. The number of alkyl halides is 3. The Kier molecular flexibility index (Phi) is 4.39. The second kappa shape index (κ2) is 5.74. The Bertz CT molecular complexity index is 455. The van der Waals surface area contributed by atoms with E-state index in [1.54, 1.807) is 6.07 Å². The Balaban J connectivity index is 1.94. The molecule has 0 aromatic heterocycles. The van der Waals surface area contributed by atoms with Crippen LogP contribution in [0.3, 0.4) is 0 Å². The van der Waals surface area contributed by atoms with Crippen molar-refractivity contribution in [3.05, 3.63) is 35.4 Å². The molecular formula is C15H21F3N2. The zero-order chi connectivity index (χ0) is 14.8. The van der Waals surface area contributed by atoms with E-state index in [4.69, 9.17) is 0 Å². The van der Waals surface area contributed by atoms with Crippen molar-refractivity contribution in [2.75, 3.05) is 6.54 Å². The molecule has 5 heteroatoms. The van der Waals surface area contributed by atoms with Crippen LogP contribution in [0.2, 0.25) is 0 Å². The molecule has 0 bridgehead atoms. The van der Waals surface area contributed by atoms with E-state index in [0.717, 1.165) is 25.5 Å². The molecule has 1 saturated heterocycles. The van der Waals surface area contributed by atoms with Crippen LogP contribution >= 0.6 is 0 Å². The third-order valence-corrected chi connectivity index (χ3v) is 3.70. The second-order valence-electron chi connectivity index (χ2n) is 6.08. The van der Waals surface area contributed by atoms with Crippen LogP contribution in [0.25, 0.3) is 0 Å². The Labute approximate surface area is 117 Å². The van der Waals surface area contributed by atoms with Crippen LogP contribution in [0.4, 0.5) is 13.2 Å². The predicted molar refractivity (Wildman–Crippen MR) is 73.4 cm³/mol. The van der Waals surface area contributed by atoms with E-state index in [1.807, 2.05) is 0 Å². The minimum atomic E-state index is -4.27. The van der Waals surface area contributed by atoms with Crippen molar-refractivity contribution in [2.45, 2.75) is 51.0 Å². The summed E-state index contributed by atoms with van der Waals surface area (Å²) < 4.78 is 37.9. The van der Waals surface area contributed by atoms with E-state index in [1.165, 1.54) is 12.1 Å². The van der Waals surface area contributed by atoms with Gasteiger partial charge in [0.05, 0.1) is 5.56 Å². The molecule has 2 N–H and O–H groups in total. The largest absolute Gasteiger partial charge is 0.416 e. The molecule has 0 aliphatic carbocycles. The van der Waals surface area contributed by atoms with Gasteiger partial charge in [0.25, 0.3) is 0 Å². The first kappa shape index (κ1) is 15.3. The summed E-state index contributed by atoms with van der Waals surface area (Å²) in [5, 5.41) is 6.79. The number of nitrogens with one attached hydrogen (secondary N) is 2. The molecule has 0 radical (unpaired) electrons. The second-order valence-corrected chi connectivity index (χ2v) is 6.08. The lowest BCUT2D eigenvalue weighted by atomic mass is 9.89. The quantitative estimate of drug-likeness (QED) is 0.890. The fourth-order valence-corrected chi connectivity index (χ4v) is 2.67. The maximum absolute atomic E-state index is 12.6. The summed E-state index contributed by atoms with van der Waals surface area (Å²) >= 11 is 0. The first-order valence-electron chi connectivity index (χ1n) is 6.91. The number of rotatable bonds is 3. The third kappa shape index (κ3) is 4.21. The molecule has 2 nitrogen and oxygen atoms in total. The van der Waals surface area contributed by atoms with Crippen molar-refractivity contribution in [1.82, 2.24) is 10.6 Å². The van der Waals surface area contributed by atoms with Crippen LogP contribution in [0.5, 0.6) is 0 Å². The van der Waals surface area contributed by atoms with E-state index in [9.17, 15) is 13.2 Å². The predicted octanol–water partition coefficient (Wildman–Crippen LogP) is 3.33. The zero-order valence-corrected chi connectivity index (χ0v) is 11.8. The minimum Gasteiger partial charge on any atom is -0.312 e. The molecule has 1 atom stereocenters. The highest BCUT2D eigenvalue weighted by atomic mass is 19.4. The highest BCUT2D eigenvalue weighted by molar-refractivity contribution is 5.25. The van der Waals surface area contributed by atoms with Crippen LogP contribution in [-0.2, 0) is 12.7 Å². The fourth-order valence-electron chi connectivity index (χ4n) is 2.67. The number of halogens is 3. The monoisotopic (exact) mass is 286 g/mol. The summed E-state index contributed by atoms with van der Waals surface area (Å²) in [7, 11) is 0. The molecule has 1 heterocycles. The van der Waals surface area contributed by atoms with E-state index >= 15 is 0 Å². The molecule has 1 aliphatic rings. The average Bonchev–Trinajstić information content (AvgIpc) is 2.35. The van der Waals surface area contributed by atoms with Crippen molar-refractivity contribution < 1.29 is 13.2 Å². The highest BCUT2D eigenvalue weighted by Gasteiger charge is 2.30. The molecule has 1 aromatic rings. The normalized spacial score (nSPS) is 22.8. The van der Waals surface area contributed by atoms with Crippen molar-refractivity contribution >= 4 is 0 Å². The van der Waals surface area contributed by atoms with E-state index < -0.39 is 11.7 Å². The van der Waals surface area contributed by atoms with Gasteiger partial charge in [-0.25, -0.2) is 0 Å². The van der Waals surface area contributed by atoms with Gasteiger partial charge in [-0.2, -0.15) is 13.2 Å². The summed E-state index contributed by atoms with van der Waals surface area (Å²) in [6.07, 6.45) is -2.29. The number of hydrogen-bond acceptors (Lipinski definition) is 2. The standard InChI is InChI=1S/C15H21F3N2/c1-14(2)9-13(6-7-20-14)19-10-11-4-3-5-12(8-11)15(16,17)18/h3-5,8,13,19-20H,6-7,9-10H2,1-2H3. The lowest BCUT2D eigenvalue weighted by molar-refractivity contribution is -0.137. The van der Waals surface area contributed by atoms with Crippen molar-refractivity contribution in [3.8, 4) is 0 Å². The van der Waals surface area contributed by atoms with Crippen LogP contribution in [0.15, 0.2) is 24.3 Å². The van der Waals surface area contributed by atoms with E-state index in [0.29, 0.717) is 18.2 Å². The summed E-state index contributed by atoms with van der Waals surface area (Å²) in [5.74, 6) is 0. The van der Waals surface area contributed by atoms with Crippen LogP contribution < -0.4 is 10.6 Å². The van der Waals surface area contributed by atoms with Gasteiger partial charge < -0.3 is 10.6 Å². The van der Waals surface area contributed by atoms with E-state index in [2.05, 4.69) is 24.5 Å². The van der Waals surface area contributed by atoms with Crippen LogP contribution in [0.1, 0.15) is 37.8 Å². The molecule has 2 rings (SSSR count). The molecule has 1 aliphatic heterocycles. The average molecular weight is 286 g/mol. The number of hydrogen-bond donors (Lipinski definition) is 2. The Morgan fingerprint density at radius 1 is 1.35 bits per heavy atom. The van der Waals surface area contributed by atoms with Crippen molar-refractivity contribution in [1.29, 1.82) is 0 Å². The van der Waals surface area contributed by atoms with Crippen molar-refractivity contribution in [3.63, 3.8) is 0 Å². The highest BCUT2D eigenvalue weighted by Crippen LogP contribution is 2.29. The molecule has 0 saturated carbocycles. The zero-order valence-electron chi connectivity index (χ0n) is 11.8. The van der Waals surface area contributed by atoms with Crippen molar-refractivity contribution in [2.24, 2.45) is 0 Å². The Hall–Kier alpha value is -1.07. The molecule has 1 aromatic carbocycles. The molecular weight excluding hydrogens is 265 g/mol. The van der Waals surface area contributed by atoms with Gasteiger partial charge in [-0.3, -0.25) is 0 Å². The molecule has 1 fully saturated rings. The number of piperidine rings is 1. The topological polar surface area (TPSA) is 24.1 Å². The Morgan fingerprint density at radius 3 is 2.75 bits per heavy atom. The van der Waals surface area contributed by atoms with E-state index in [-0.39, 0.29) is 5.54 Å². The lowest BCUT2D eigenvalue weighted by Crippen LogP contribution is -2.51. The first-order chi connectivity index (χ1) is 9.26. The van der Waals surface area contributed by atoms with Crippen LogP contribution in [0, 0.1) is 0 Å². The maximum atomic E-state index is 12.6. The molecule has 20 heavy (non-hydrogen) atoms. The van der Waals surface area contributed by atoms with Gasteiger partial charge in [0, 0.05) is 18.1 Å². The van der Waals surface area contributed by atoms with Gasteiger partial charge in [0.1, 0.15) is 0 Å². The summed E-state index contributed by atoms with van der Waals surface area (Å²) in [4.78, 5) is 0. The Morgan fingerprint density at radius 2 is 2.10 bits per heavy atom. The molecule has 112 valence electrons. The smallest absolute Gasteiger partial charge is 0.312 e. The van der Waals surface area contributed by atoms with Gasteiger partial charge >= 0.3 is 6.18 Å². The maximum Gasteiger partial charge on any atom is 0.416 e. The lowest BCUT2D eigenvalue weighted by Gasteiger charge is -2.37. The molecule has 0 amide bonds. The van der Waals surface area contributed by atoms with Gasteiger partial charge in [-0.1, -0.05) is 18.2 Å². The SMILES string of the molecule is CC1(C)CC(NCc2cccc(C(F)(F)F)c2)CCN1. The van der Waals surface area contributed by atoms with Crippen LogP contribution in [-0.4, -0.2) is 18.1 Å². The summed E-state index contributed by atoms with van der Waals surface area (Å²) in [5.41, 5.74) is 0.183. The number of benzene rings is 1. The summed E-state index contributed by atoms with van der Waals surface area (Å²) in [6.45, 7) is 5.70. The van der Waals surface area contributed by atoms with Gasteiger partial charge in [0.2, 0.25) is 0 Å². The molecule has 0 spiro atoms. The van der Waals surface area contributed by atoms with Gasteiger partial charge in [-0.05, 0) is 44.9 Å². The van der Waals surface area contributed by atoms with Gasteiger partial charge in [0.15, 0.2) is 0 Å². The minimum absolute atomic E-state index is 0.0870. The molecule has 1 unspecified atom stereocenters. The first-order valence-corrected chi connectivity index (χ1v) is 6.91.